The highest BCUT2D eigenvalue weighted by Gasteiger charge is 2.18. The number of ether oxygens (including phenoxy) is 2. The smallest absolute Gasteiger partial charge is 0.148 e. The summed E-state index contributed by atoms with van der Waals surface area (Å²) in [6, 6.07) is 1.72. The second-order valence-electron chi connectivity index (χ2n) is 4.26. The van der Waals surface area contributed by atoms with Gasteiger partial charge in [-0.2, -0.15) is 0 Å². The number of anilines is 1. The van der Waals surface area contributed by atoms with E-state index in [1.807, 2.05) is 13.8 Å². The van der Waals surface area contributed by atoms with Gasteiger partial charge in [-0.3, -0.25) is 0 Å². The minimum atomic E-state index is 0.470. The predicted molar refractivity (Wildman–Crippen MR) is 78.4 cm³/mol. The van der Waals surface area contributed by atoms with Gasteiger partial charge < -0.3 is 15.2 Å². The van der Waals surface area contributed by atoms with Crippen LogP contribution in [-0.2, 0) is 6.42 Å². The van der Waals surface area contributed by atoms with Gasteiger partial charge in [-0.05, 0) is 18.9 Å². The van der Waals surface area contributed by atoms with Gasteiger partial charge in [0.1, 0.15) is 17.0 Å². The van der Waals surface area contributed by atoms with Crippen LogP contribution in [0.25, 0.3) is 10.9 Å². The summed E-state index contributed by atoms with van der Waals surface area (Å²) in [5.74, 6) is 1.14. The number of aromatic nitrogens is 1. The van der Waals surface area contributed by atoms with Crippen molar-refractivity contribution in [3.63, 3.8) is 0 Å². The molecule has 0 spiro atoms. The SMILES string of the molecule is CCc1c(C)nc2c(OC)cc(OC)c(Cl)c2c1N. The summed E-state index contributed by atoms with van der Waals surface area (Å²) in [7, 11) is 3.15. The molecule has 0 aliphatic heterocycles. The monoisotopic (exact) mass is 280 g/mol. The van der Waals surface area contributed by atoms with Crippen LogP contribution < -0.4 is 15.2 Å². The number of rotatable bonds is 3. The minimum absolute atomic E-state index is 0.470. The van der Waals surface area contributed by atoms with Gasteiger partial charge in [0.05, 0.1) is 19.2 Å². The Bertz CT molecular complexity index is 641. The summed E-state index contributed by atoms with van der Waals surface area (Å²) in [6.45, 7) is 3.98. The number of nitrogens with two attached hydrogens (primary N) is 1. The molecule has 0 saturated carbocycles. The zero-order valence-corrected chi connectivity index (χ0v) is 12.3. The molecular weight excluding hydrogens is 264 g/mol. The highest BCUT2D eigenvalue weighted by Crippen LogP contribution is 2.42. The number of pyridine rings is 1. The molecule has 0 unspecified atom stereocenters. The van der Waals surface area contributed by atoms with Gasteiger partial charge in [-0.1, -0.05) is 18.5 Å². The Morgan fingerprint density at radius 2 is 1.89 bits per heavy atom. The zero-order valence-electron chi connectivity index (χ0n) is 11.5. The third-order valence-electron chi connectivity index (χ3n) is 3.27. The average Bonchev–Trinajstić information content (AvgIpc) is 2.39. The Morgan fingerprint density at radius 1 is 1.26 bits per heavy atom. The molecule has 0 aliphatic rings. The Balaban J connectivity index is 2.98. The van der Waals surface area contributed by atoms with Gasteiger partial charge in [0.25, 0.3) is 0 Å². The van der Waals surface area contributed by atoms with E-state index in [2.05, 4.69) is 4.98 Å². The fourth-order valence-corrected chi connectivity index (χ4v) is 2.61. The molecule has 0 atom stereocenters. The van der Waals surface area contributed by atoms with Crippen LogP contribution in [0.5, 0.6) is 11.5 Å². The maximum Gasteiger partial charge on any atom is 0.148 e. The van der Waals surface area contributed by atoms with Crippen molar-refractivity contribution < 1.29 is 9.47 Å². The molecule has 0 radical (unpaired) electrons. The van der Waals surface area contributed by atoms with E-state index in [9.17, 15) is 0 Å². The Hall–Kier alpha value is -1.68. The molecule has 0 aliphatic carbocycles. The molecule has 0 bridgehead atoms. The van der Waals surface area contributed by atoms with Crippen LogP contribution in [0.2, 0.25) is 5.02 Å². The highest BCUT2D eigenvalue weighted by molar-refractivity contribution is 6.38. The number of nitrogen functional groups attached to an aromatic ring is 1. The number of hydrogen-bond acceptors (Lipinski definition) is 4. The van der Waals surface area contributed by atoms with Crippen LogP contribution >= 0.6 is 11.6 Å². The van der Waals surface area contributed by atoms with Crippen molar-refractivity contribution in [3.8, 4) is 11.5 Å². The molecule has 102 valence electrons. The second-order valence-corrected chi connectivity index (χ2v) is 4.64. The largest absolute Gasteiger partial charge is 0.495 e. The molecule has 0 saturated heterocycles. The van der Waals surface area contributed by atoms with Gasteiger partial charge >= 0.3 is 0 Å². The number of methoxy groups -OCH3 is 2. The van der Waals surface area contributed by atoms with Crippen LogP contribution in [0.15, 0.2) is 6.07 Å². The van der Waals surface area contributed by atoms with Crippen LogP contribution in [-0.4, -0.2) is 19.2 Å². The summed E-state index contributed by atoms with van der Waals surface area (Å²) in [5, 5.41) is 1.17. The van der Waals surface area contributed by atoms with E-state index in [4.69, 9.17) is 26.8 Å². The molecule has 19 heavy (non-hydrogen) atoms. The quantitative estimate of drug-likeness (QED) is 0.937. The first-order valence-corrected chi connectivity index (χ1v) is 6.42. The van der Waals surface area contributed by atoms with E-state index in [1.165, 1.54) is 0 Å². The van der Waals surface area contributed by atoms with Crippen molar-refractivity contribution in [1.29, 1.82) is 0 Å². The fraction of sp³-hybridized carbons (Fsp3) is 0.357. The maximum atomic E-state index is 6.36. The predicted octanol–water partition coefficient (Wildman–Crippen LogP) is 3.36. The lowest BCUT2D eigenvalue weighted by molar-refractivity contribution is 0.397. The lowest BCUT2D eigenvalue weighted by Crippen LogP contribution is -2.03. The molecule has 2 N–H and O–H groups in total. The number of halogens is 1. The van der Waals surface area contributed by atoms with Crippen LogP contribution in [0.1, 0.15) is 18.2 Å². The van der Waals surface area contributed by atoms with E-state index in [1.54, 1.807) is 20.3 Å². The number of nitrogens with zero attached hydrogens (tertiary/aromatic N) is 1. The number of benzene rings is 1. The first kappa shape index (κ1) is 13.7. The molecule has 2 rings (SSSR count). The summed E-state index contributed by atoms with van der Waals surface area (Å²) in [4.78, 5) is 4.57. The number of fused-ring (bicyclic) bond motifs is 1. The number of aryl methyl sites for hydroxylation is 1. The standard InChI is InChI=1S/C14H17ClN2O2/c1-5-8-7(2)17-14-10(19-4)6-9(18-3)12(15)11(14)13(8)16/h6H,5H2,1-4H3,(H2,16,17). The molecule has 1 heterocycles. The van der Waals surface area contributed by atoms with Crippen molar-refractivity contribution in [2.45, 2.75) is 20.3 Å². The summed E-state index contributed by atoms with van der Waals surface area (Å²) in [6.07, 6.45) is 0.802. The van der Waals surface area contributed by atoms with E-state index in [0.29, 0.717) is 33.1 Å². The van der Waals surface area contributed by atoms with E-state index >= 15 is 0 Å². The molecule has 1 aromatic heterocycles. The normalized spacial score (nSPS) is 10.8. The Labute approximate surface area is 117 Å². The lowest BCUT2D eigenvalue weighted by atomic mass is 10.0. The van der Waals surface area contributed by atoms with Crippen molar-refractivity contribution >= 4 is 28.2 Å². The van der Waals surface area contributed by atoms with Crippen molar-refractivity contribution in [1.82, 2.24) is 4.98 Å². The Kier molecular flexibility index (Phi) is 3.71. The molecule has 1 aromatic carbocycles. The van der Waals surface area contributed by atoms with Gasteiger partial charge in [0, 0.05) is 22.8 Å². The molecule has 0 fully saturated rings. The zero-order chi connectivity index (χ0) is 14.2. The fourth-order valence-electron chi connectivity index (χ4n) is 2.29. The van der Waals surface area contributed by atoms with Crippen molar-refractivity contribution in [2.75, 3.05) is 20.0 Å². The van der Waals surface area contributed by atoms with E-state index in [0.717, 1.165) is 17.7 Å². The summed E-state index contributed by atoms with van der Waals surface area (Å²) < 4.78 is 10.6. The first-order valence-electron chi connectivity index (χ1n) is 6.04. The Morgan fingerprint density at radius 3 is 2.42 bits per heavy atom. The number of hydrogen-bond donors (Lipinski definition) is 1. The van der Waals surface area contributed by atoms with Gasteiger partial charge in [-0.15, -0.1) is 0 Å². The van der Waals surface area contributed by atoms with Gasteiger partial charge in [0.15, 0.2) is 0 Å². The molecule has 5 heteroatoms. The molecular formula is C14H17ClN2O2. The second kappa shape index (κ2) is 5.13. The van der Waals surface area contributed by atoms with Crippen LogP contribution in [0.3, 0.4) is 0 Å². The van der Waals surface area contributed by atoms with Crippen molar-refractivity contribution in [3.05, 3.63) is 22.3 Å². The minimum Gasteiger partial charge on any atom is -0.495 e. The van der Waals surface area contributed by atoms with Crippen LogP contribution in [0, 0.1) is 6.92 Å². The average molecular weight is 281 g/mol. The summed E-state index contributed by atoms with van der Waals surface area (Å²) in [5.41, 5.74) is 9.46. The van der Waals surface area contributed by atoms with Crippen molar-refractivity contribution in [2.24, 2.45) is 0 Å². The van der Waals surface area contributed by atoms with E-state index < -0.39 is 0 Å². The topological polar surface area (TPSA) is 57.4 Å². The lowest BCUT2D eigenvalue weighted by Gasteiger charge is -2.16. The third kappa shape index (κ3) is 2.06. The van der Waals surface area contributed by atoms with Crippen LogP contribution in [0.4, 0.5) is 5.69 Å². The maximum absolute atomic E-state index is 6.36. The first-order chi connectivity index (χ1) is 9.04. The summed E-state index contributed by atoms with van der Waals surface area (Å²) >= 11 is 6.36. The molecule has 0 amide bonds. The van der Waals surface area contributed by atoms with E-state index in [-0.39, 0.29) is 0 Å². The molecule has 4 nitrogen and oxygen atoms in total. The molecule has 2 aromatic rings. The van der Waals surface area contributed by atoms with Gasteiger partial charge in [0.2, 0.25) is 0 Å². The third-order valence-corrected chi connectivity index (χ3v) is 3.65. The van der Waals surface area contributed by atoms with Gasteiger partial charge in [-0.25, -0.2) is 4.98 Å². The highest BCUT2D eigenvalue weighted by atomic mass is 35.5.